The monoisotopic (exact) mass is 257 g/mol. The van der Waals surface area contributed by atoms with Gasteiger partial charge in [-0.25, -0.2) is 0 Å². The molecular weight excluding hydrogens is 242 g/mol. The topological polar surface area (TPSA) is 42.7 Å². The Labute approximate surface area is 105 Å². The van der Waals surface area contributed by atoms with Crippen molar-refractivity contribution in [1.82, 2.24) is 4.90 Å². The summed E-state index contributed by atoms with van der Waals surface area (Å²) in [4.78, 5) is 14.0. The van der Waals surface area contributed by atoms with Crippen molar-refractivity contribution in [1.29, 1.82) is 0 Å². The SMILES string of the molecule is COC(=O)C(CN1CCCC1)c1ccc(Cl)o1. The van der Waals surface area contributed by atoms with Crippen LogP contribution in [0.3, 0.4) is 0 Å². The maximum Gasteiger partial charge on any atom is 0.317 e. The first-order chi connectivity index (χ1) is 8.20. The predicted molar refractivity (Wildman–Crippen MR) is 64.1 cm³/mol. The highest BCUT2D eigenvalue weighted by Gasteiger charge is 2.28. The Morgan fingerprint density at radius 2 is 2.24 bits per heavy atom. The van der Waals surface area contributed by atoms with E-state index >= 15 is 0 Å². The van der Waals surface area contributed by atoms with E-state index in [9.17, 15) is 4.79 Å². The van der Waals surface area contributed by atoms with Gasteiger partial charge in [0.05, 0.1) is 7.11 Å². The van der Waals surface area contributed by atoms with Crippen LogP contribution in [0.4, 0.5) is 0 Å². The average Bonchev–Trinajstić information content (AvgIpc) is 2.96. The van der Waals surface area contributed by atoms with E-state index in [1.165, 1.54) is 20.0 Å². The molecule has 2 heterocycles. The summed E-state index contributed by atoms with van der Waals surface area (Å²) in [6.45, 7) is 2.69. The van der Waals surface area contributed by atoms with Crippen LogP contribution in [0.25, 0.3) is 0 Å². The molecule has 0 radical (unpaired) electrons. The van der Waals surface area contributed by atoms with Crippen LogP contribution in [0.1, 0.15) is 24.5 Å². The summed E-state index contributed by atoms with van der Waals surface area (Å²) in [5.41, 5.74) is 0. The third kappa shape index (κ3) is 3.01. The zero-order valence-electron chi connectivity index (χ0n) is 9.82. The Morgan fingerprint density at radius 3 is 2.76 bits per heavy atom. The van der Waals surface area contributed by atoms with Crippen molar-refractivity contribution in [3.63, 3.8) is 0 Å². The molecule has 0 aromatic carbocycles. The minimum absolute atomic E-state index is 0.275. The van der Waals surface area contributed by atoms with Gasteiger partial charge in [-0.2, -0.15) is 0 Å². The number of halogens is 1. The van der Waals surface area contributed by atoms with Gasteiger partial charge in [0.2, 0.25) is 0 Å². The van der Waals surface area contributed by atoms with Crippen molar-refractivity contribution in [2.45, 2.75) is 18.8 Å². The quantitative estimate of drug-likeness (QED) is 0.776. The third-order valence-electron chi connectivity index (χ3n) is 3.06. The van der Waals surface area contributed by atoms with E-state index in [-0.39, 0.29) is 11.9 Å². The van der Waals surface area contributed by atoms with Crippen molar-refractivity contribution in [3.05, 3.63) is 23.1 Å². The molecule has 0 N–H and O–H groups in total. The molecule has 94 valence electrons. The van der Waals surface area contributed by atoms with Gasteiger partial charge in [0.15, 0.2) is 5.22 Å². The fourth-order valence-electron chi connectivity index (χ4n) is 2.16. The van der Waals surface area contributed by atoms with Crippen LogP contribution >= 0.6 is 11.6 Å². The summed E-state index contributed by atoms with van der Waals surface area (Å²) in [6.07, 6.45) is 2.37. The summed E-state index contributed by atoms with van der Waals surface area (Å²) >= 11 is 5.74. The van der Waals surface area contributed by atoms with Crippen LogP contribution in [-0.2, 0) is 9.53 Å². The van der Waals surface area contributed by atoms with Gasteiger partial charge >= 0.3 is 5.97 Å². The van der Waals surface area contributed by atoms with Gasteiger partial charge in [-0.1, -0.05) is 0 Å². The summed E-state index contributed by atoms with van der Waals surface area (Å²) in [7, 11) is 1.39. The molecule has 0 saturated carbocycles. The molecule has 2 rings (SSSR count). The number of nitrogens with zero attached hydrogens (tertiary/aromatic N) is 1. The van der Waals surface area contributed by atoms with Gasteiger partial charge in [-0.15, -0.1) is 0 Å². The number of carbonyl (C=O) groups is 1. The zero-order valence-corrected chi connectivity index (χ0v) is 10.6. The number of ether oxygens (including phenoxy) is 1. The highest BCUT2D eigenvalue weighted by molar-refractivity contribution is 6.28. The Bertz CT molecular complexity index is 385. The minimum atomic E-state index is -0.384. The lowest BCUT2D eigenvalue weighted by Gasteiger charge is -2.19. The Kier molecular flexibility index (Phi) is 4.07. The van der Waals surface area contributed by atoms with Gasteiger partial charge in [0, 0.05) is 6.54 Å². The Morgan fingerprint density at radius 1 is 1.53 bits per heavy atom. The highest BCUT2D eigenvalue weighted by Crippen LogP contribution is 2.25. The molecule has 0 amide bonds. The summed E-state index contributed by atoms with van der Waals surface area (Å²) in [6, 6.07) is 3.39. The van der Waals surface area contributed by atoms with Crippen molar-refractivity contribution < 1.29 is 13.9 Å². The van der Waals surface area contributed by atoms with Crippen molar-refractivity contribution in [3.8, 4) is 0 Å². The summed E-state index contributed by atoms with van der Waals surface area (Å²) in [5.74, 6) is -0.0812. The molecule has 4 nitrogen and oxygen atoms in total. The number of rotatable bonds is 4. The highest BCUT2D eigenvalue weighted by atomic mass is 35.5. The fraction of sp³-hybridized carbons (Fsp3) is 0.583. The molecule has 0 spiro atoms. The van der Waals surface area contributed by atoms with E-state index in [4.69, 9.17) is 20.8 Å². The van der Waals surface area contributed by atoms with Crippen molar-refractivity contribution >= 4 is 17.6 Å². The molecule has 1 aromatic heterocycles. The van der Waals surface area contributed by atoms with E-state index in [2.05, 4.69) is 4.90 Å². The van der Waals surface area contributed by atoms with E-state index < -0.39 is 0 Å². The standard InChI is InChI=1S/C12H16ClNO3/c1-16-12(15)9(8-14-6-2-3-7-14)10-4-5-11(13)17-10/h4-5,9H,2-3,6-8H2,1H3. The Hall–Kier alpha value is -1.00. The first kappa shape index (κ1) is 12.5. The van der Waals surface area contributed by atoms with Crippen molar-refractivity contribution in [2.24, 2.45) is 0 Å². The first-order valence-corrected chi connectivity index (χ1v) is 6.14. The van der Waals surface area contributed by atoms with Gasteiger partial charge in [-0.3, -0.25) is 4.79 Å². The summed E-state index contributed by atoms with van der Waals surface area (Å²) < 4.78 is 10.1. The molecule has 1 aromatic rings. The van der Waals surface area contributed by atoms with Crippen LogP contribution in [-0.4, -0.2) is 37.6 Å². The average molecular weight is 258 g/mol. The van der Waals surface area contributed by atoms with Gasteiger partial charge < -0.3 is 14.1 Å². The van der Waals surface area contributed by atoms with Crippen LogP contribution in [0.5, 0.6) is 0 Å². The molecule has 1 aliphatic heterocycles. The minimum Gasteiger partial charge on any atom is -0.468 e. The lowest BCUT2D eigenvalue weighted by atomic mass is 10.1. The molecule has 17 heavy (non-hydrogen) atoms. The molecular formula is C12H16ClNO3. The molecule has 1 atom stereocenters. The fourth-order valence-corrected chi connectivity index (χ4v) is 2.31. The number of esters is 1. The third-order valence-corrected chi connectivity index (χ3v) is 3.27. The molecule has 5 heteroatoms. The Balaban J connectivity index is 2.10. The second-order valence-corrected chi connectivity index (χ2v) is 4.60. The second-order valence-electron chi connectivity index (χ2n) is 4.23. The molecule has 1 aliphatic rings. The molecule has 1 unspecified atom stereocenters. The van der Waals surface area contributed by atoms with E-state index in [1.807, 2.05) is 0 Å². The first-order valence-electron chi connectivity index (χ1n) is 5.76. The second kappa shape index (κ2) is 5.56. The largest absolute Gasteiger partial charge is 0.468 e. The molecule has 1 saturated heterocycles. The van der Waals surface area contributed by atoms with Crippen LogP contribution in [0, 0.1) is 0 Å². The zero-order chi connectivity index (χ0) is 12.3. The number of carbonyl (C=O) groups excluding carboxylic acids is 1. The normalized spacial score (nSPS) is 18.2. The number of hydrogen-bond donors (Lipinski definition) is 0. The van der Waals surface area contributed by atoms with E-state index in [0.29, 0.717) is 17.5 Å². The molecule has 0 bridgehead atoms. The molecule has 0 aliphatic carbocycles. The number of hydrogen-bond acceptors (Lipinski definition) is 4. The lowest BCUT2D eigenvalue weighted by molar-refractivity contribution is -0.143. The van der Waals surface area contributed by atoms with E-state index in [1.54, 1.807) is 12.1 Å². The van der Waals surface area contributed by atoms with E-state index in [0.717, 1.165) is 13.1 Å². The molecule has 1 fully saturated rings. The summed E-state index contributed by atoms with van der Waals surface area (Å²) in [5, 5.41) is 0.301. The van der Waals surface area contributed by atoms with Gasteiger partial charge in [0.25, 0.3) is 0 Å². The predicted octanol–water partition coefficient (Wildman–Crippen LogP) is 2.29. The van der Waals surface area contributed by atoms with Crippen LogP contribution in [0.15, 0.2) is 16.5 Å². The van der Waals surface area contributed by atoms with Crippen LogP contribution < -0.4 is 0 Å². The van der Waals surface area contributed by atoms with Crippen LogP contribution in [0.2, 0.25) is 5.22 Å². The maximum atomic E-state index is 11.8. The van der Waals surface area contributed by atoms with Crippen molar-refractivity contribution in [2.75, 3.05) is 26.7 Å². The maximum absolute atomic E-state index is 11.8. The number of methoxy groups -OCH3 is 1. The number of furan rings is 1. The smallest absolute Gasteiger partial charge is 0.317 e. The lowest BCUT2D eigenvalue weighted by Crippen LogP contribution is -2.30. The van der Waals surface area contributed by atoms with Gasteiger partial charge in [-0.05, 0) is 49.7 Å². The van der Waals surface area contributed by atoms with Gasteiger partial charge in [0.1, 0.15) is 11.7 Å². The number of likely N-dealkylation sites (tertiary alicyclic amines) is 1.